The predicted molar refractivity (Wildman–Crippen MR) is 76.8 cm³/mol. The van der Waals surface area contributed by atoms with Crippen molar-refractivity contribution in [3.63, 3.8) is 0 Å². The number of ether oxygens (including phenoxy) is 2. The Morgan fingerprint density at radius 3 is 2.45 bits per heavy atom. The molecule has 2 aromatic rings. The van der Waals surface area contributed by atoms with E-state index < -0.39 is 0 Å². The van der Waals surface area contributed by atoms with Gasteiger partial charge in [0, 0.05) is 0 Å². The van der Waals surface area contributed by atoms with Gasteiger partial charge in [0.25, 0.3) is 0 Å². The maximum atomic E-state index is 8.85. The highest BCUT2D eigenvalue weighted by Crippen LogP contribution is 2.32. The van der Waals surface area contributed by atoms with Crippen LogP contribution in [-0.2, 0) is 0 Å². The first-order chi connectivity index (χ1) is 9.65. The Kier molecular flexibility index (Phi) is 4.10. The molecule has 0 amide bonds. The molecule has 0 heterocycles. The molecule has 0 aliphatic heterocycles. The summed E-state index contributed by atoms with van der Waals surface area (Å²) in [5.41, 5.74) is 7.19. The van der Waals surface area contributed by atoms with E-state index in [2.05, 4.69) is 5.16 Å². The molecule has 0 spiro atoms. The molecule has 0 bridgehead atoms. The first-order valence-electron chi connectivity index (χ1n) is 6.05. The van der Waals surface area contributed by atoms with Gasteiger partial charge in [0.1, 0.15) is 5.75 Å². The normalized spacial score (nSPS) is 11.2. The van der Waals surface area contributed by atoms with E-state index in [0.717, 1.165) is 5.56 Å². The van der Waals surface area contributed by atoms with Crippen molar-refractivity contribution >= 4 is 5.84 Å². The molecule has 0 atom stereocenters. The summed E-state index contributed by atoms with van der Waals surface area (Å²) in [5.74, 6) is 1.67. The Hall–Kier alpha value is -2.69. The summed E-state index contributed by atoms with van der Waals surface area (Å²) in [6.45, 7) is 1.92. The summed E-state index contributed by atoms with van der Waals surface area (Å²) in [5, 5.41) is 11.9. The quantitative estimate of drug-likeness (QED) is 0.388. The van der Waals surface area contributed by atoms with Gasteiger partial charge in [-0.1, -0.05) is 28.9 Å². The fourth-order valence-corrected chi connectivity index (χ4v) is 1.81. The molecule has 20 heavy (non-hydrogen) atoms. The van der Waals surface area contributed by atoms with Gasteiger partial charge in [0.15, 0.2) is 17.3 Å². The van der Waals surface area contributed by atoms with Crippen molar-refractivity contribution in [3.05, 3.63) is 53.6 Å². The standard InChI is InChI=1S/C15H16N2O3/c1-10-7-8-12(11(9-10)15(16)17-18)20-14-6-4-3-5-13(14)19-2/h3-9,18H,1-2H3,(H2,16,17). The SMILES string of the molecule is COc1ccccc1Oc1ccc(C)cc1/C(N)=N/O. The van der Waals surface area contributed by atoms with E-state index in [1.54, 1.807) is 31.4 Å². The van der Waals surface area contributed by atoms with Crippen LogP contribution < -0.4 is 15.2 Å². The second-order valence-electron chi connectivity index (χ2n) is 4.24. The van der Waals surface area contributed by atoms with Gasteiger partial charge in [-0.05, 0) is 31.2 Å². The van der Waals surface area contributed by atoms with Crippen LogP contribution in [0.1, 0.15) is 11.1 Å². The third kappa shape index (κ3) is 2.83. The van der Waals surface area contributed by atoms with Crippen LogP contribution in [0.4, 0.5) is 0 Å². The summed E-state index contributed by atoms with van der Waals surface area (Å²) in [4.78, 5) is 0. The number of oxime groups is 1. The molecule has 0 saturated carbocycles. The Labute approximate surface area is 117 Å². The lowest BCUT2D eigenvalue weighted by atomic mass is 10.1. The molecule has 2 rings (SSSR count). The monoisotopic (exact) mass is 272 g/mol. The van der Waals surface area contributed by atoms with Crippen molar-refractivity contribution in [2.24, 2.45) is 10.9 Å². The van der Waals surface area contributed by atoms with Gasteiger partial charge >= 0.3 is 0 Å². The number of amidine groups is 1. The van der Waals surface area contributed by atoms with Gasteiger partial charge in [-0.15, -0.1) is 0 Å². The molecule has 5 nitrogen and oxygen atoms in total. The Morgan fingerprint density at radius 2 is 1.80 bits per heavy atom. The molecule has 3 N–H and O–H groups in total. The van der Waals surface area contributed by atoms with Crippen LogP contribution in [0.3, 0.4) is 0 Å². The predicted octanol–water partition coefficient (Wildman–Crippen LogP) is 2.89. The summed E-state index contributed by atoms with van der Waals surface area (Å²) in [6, 6.07) is 12.7. The molecule has 2 aromatic carbocycles. The number of hydrogen-bond acceptors (Lipinski definition) is 4. The summed E-state index contributed by atoms with van der Waals surface area (Å²) in [7, 11) is 1.57. The van der Waals surface area contributed by atoms with E-state index in [0.29, 0.717) is 22.8 Å². The number of methoxy groups -OCH3 is 1. The topological polar surface area (TPSA) is 77.1 Å². The Bertz CT molecular complexity index is 639. The second kappa shape index (κ2) is 5.97. The van der Waals surface area contributed by atoms with E-state index in [-0.39, 0.29) is 5.84 Å². The Balaban J connectivity index is 2.43. The van der Waals surface area contributed by atoms with Crippen molar-refractivity contribution in [2.45, 2.75) is 6.92 Å². The minimum Gasteiger partial charge on any atom is -0.493 e. The highest BCUT2D eigenvalue weighted by molar-refractivity contribution is 5.99. The van der Waals surface area contributed by atoms with Gasteiger partial charge in [0.05, 0.1) is 12.7 Å². The minimum absolute atomic E-state index is 0.00130. The van der Waals surface area contributed by atoms with Gasteiger partial charge in [-0.25, -0.2) is 0 Å². The third-order valence-electron chi connectivity index (χ3n) is 2.81. The van der Waals surface area contributed by atoms with Crippen LogP contribution in [0.2, 0.25) is 0 Å². The summed E-state index contributed by atoms with van der Waals surface area (Å²) < 4.78 is 11.0. The zero-order valence-corrected chi connectivity index (χ0v) is 11.3. The van der Waals surface area contributed by atoms with Crippen LogP contribution in [0.5, 0.6) is 17.2 Å². The van der Waals surface area contributed by atoms with Crippen molar-refractivity contribution in [3.8, 4) is 17.2 Å². The van der Waals surface area contributed by atoms with Crippen LogP contribution >= 0.6 is 0 Å². The highest BCUT2D eigenvalue weighted by Gasteiger charge is 2.12. The zero-order valence-electron chi connectivity index (χ0n) is 11.3. The van der Waals surface area contributed by atoms with Crippen LogP contribution in [0.25, 0.3) is 0 Å². The fraction of sp³-hybridized carbons (Fsp3) is 0.133. The fourth-order valence-electron chi connectivity index (χ4n) is 1.81. The number of rotatable bonds is 4. The number of benzene rings is 2. The lowest BCUT2D eigenvalue weighted by molar-refractivity contribution is 0.318. The minimum atomic E-state index is -0.00130. The number of nitrogens with zero attached hydrogens (tertiary/aromatic N) is 1. The molecule has 0 aliphatic rings. The van der Waals surface area contributed by atoms with Gasteiger partial charge in [-0.2, -0.15) is 0 Å². The number of nitrogens with two attached hydrogens (primary N) is 1. The average Bonchev–Trinajstić information content (AvgIpc) is 2.48. The van der Waals surface area contributed by atoms with E-state index >= 15 is 0 Å². The highest BCUT2D eigenvalue weighted by atomic mass is 16.5. The summed E-state index contributed by atoms with van der Waals surface area (Å²) >= 11 is 0. The van der Waals surface area contributed by atoms with E-state index in [4.69, 9.17) is 20.4 Å². The van der Waals surface area contributed by atoms with Gasteiger partial charge < -0.3 is 20.4 Å². The molecular formula is C15H16N2O3. The van der Waals surface area contributed by atoms with E-state index in [9.17, 15) is 0 Å². The van der Waals surface area contributed by atoms with Crippen LogP contribution in [0.15, 0.2) is 47.6 Å². The van der Waals surface area contributed by atoms with Gasteiger partial charge in [-0.3, -0.25) is 0 Å². The number of hydrogen-bond donors (Lipinski definition) is 2. The Morgan fingerprint density at radius 1 is 1.10 bits per heavy atom. The molecule has 5 heteroatoms. The van der Waals surface area contributed by atoms with E-state index in [1.165, 1.54) is 0 Å². The molecule has 0 aromatic heterocycles. The molecule has 104 valence electrons. The van der Waals surface area contributed by atoms with Gasteiger partial charge in [0.2, 0.25) is 0 Å². The van der Waals surface area contributed by atoms with Crippen LogP contribution in [-0.4, -0.2) is 18.2 Å². The average molecular weight is 272 g/mol. The molecule has 0 unspecified atom stereocenters. The van der Waals surface area contributed by atoms with Crippen molar-refractivity contribution < 1.29 is 14.7 Å². The molecular weight excluding hydrogens is 256 g/mol. The molecule has 0 aliphatic carbocycles. The van der Waals surface area contributed by atoms with Crippen molar-refractivity contribution in [1.82, 2.24) is 0 Å². The lowest BCUT2D eigenvalue weighted by Gasteiger charge is -2.13. The lowest BCUT2D eigenvalue weighted by Crippen LogP contribution is -2.14. The maximum Gasteiger partial charge on any atom is 0.173 e. The third-order valence-corrected chi connectivity index (χ3v) is 2.81. The first kappa shape index (κ1) is 13.7. The molecule has 0 saturated heterocycles. The molecule has 0 fully saturated rings. The largest absolute Gasteiger partial charge is 0.493 e. The van der Waals surface area contributed by atoms with E-state index in [1.807, 2.05) is 25.1 Å². The number of para-hydroxylation sites is 2. The second-order valence-corrected chi connectivity index (χ2v) is 4.24. The smallest absolute Gasteiger partial charge is 0.173 e. The molecule has 0 radical (unpaired) electrons. The zero-order chi connectivity index (χ0) is 14.5. The first-order valence-corrected chi connectivity index (χ1v) is 6.05. The maximum absolute atomic E-state index is 8.85. The van der Waals surface area contributed by atoms with Crippen molar-refractivity contribution in [2.75, 3.05) is 7.11 Å². The van der Waals surface area contributed by atoms with Crippen molar-refractivity contribution in [1.29, 1.82) is 0 Å². The number of aryl methyl sites for hydroxylation is 1. The van der Waals surface area contributed by atoms with Crippen LogP contribution in [0, 0.1) is 6.92 Å². The summed E-state index contributed by atoms with van der Waals surface area (Å²) in [6.07, 6.45) is 0.